The van der Waals surface area contributed by atoms with Gasteiger partial charge in [-0.25, -0.2) is 0 Å². The monoisotopic (exact) mass is 299 g/mol. The van der Waals surface area contributed by atoms with E-state index in [0.717, 1.165) is 11.1 Å². The van der Waals surface area contributed by atoms with Crippen LogP contribution in [0.1, 0.15) is 31.0 Å². The standard InChI is InChI=1S/C19H25NO2/c1-15(2)20-19(17-11-7-4-8-12-17)18(13-21)22-14-16-9-5-3-6-10-16/h3-12,15,18-21H,13-14H2,1-2H3/t18-,19-/m0/s1. The molecule has 0 aliphatic heterocycles. The molecule has 3 heteroatoms. The summed E-state index contributed by atoms with van der Waals surface area (Å²) in [6.07, 6.45) is -0.287. The highest BCUT2D eigenvalue weighted by atomic mass is 16.5. The van der Waals surface area contributed by atoms with Gasteiger partial charge in [-0.05, 0) is 11.1 Å². The summed E-state index contributed by atoms with van der Waals surface area (Å²) in [6.45, 7) is 4.67. The molecule has 2 aromatic carbocycles. The number of ether oxygens (including phenoxy) is 1. The summed E-state index contributed by atoms with van der Waals surface area (Å²) in [5.41, 5.74) is 2.24. The molecule has 0 unspecified atom stereocenters. The molecule has 0 saturated carbocycles. The molecule has 3 nitrogen and oxygen atoms in total. The Morgan fingerprint density at radius 1 is 0.955 bits per heavy atom. The smallest absolute Gasteiger partial charge is 0.100 e. The van der Waals surface area contributed by atoms with Crippen molar-refractivity contribution >= 4 is 0 Å². The highest BCUT2D eigenvalue weighted by Gasteiger charge is 2.23. The molecule has 22 heavy (non-hydrogen) atoms. The van der Waals surface area contributed by atoms with Crippen LogP contribution in [-0.4, -0.2) is 23.9 Å². The fourth-order valence-corrected chi connectivity index (χ4v) is 2.47. The van der Waals surface area contributed by atoms with Crippen LogP contribution in [-0.2, 0) is 11.3 Å². The number of hydrogen-bond donors (Lipinski definition) is 2. The van der Waals surface area contributed by atoms with Crippen LogP contribution in [0.3, 0.4) is 0 Å². The lowest BCUT2D eigenvalue weighted by atomic mass is 10.0. The summed E-state index contributed by atoms with van der Waals surface area (Å²) < 4.78 is 5.98. The third kappa shape index (κ3) is 4.95. The average molecular weight is 299 g/mol. The second kappa shape index (κ2) is 8.69. The minimum Gasteiger partial charge on any atom is -0.394 e. The number of benzene rings is 2. The Labute approximate surface area is 133 Å². The maximum Gasteiger partial charge on any atom is 0.100 e. The zero-order valence-electron chi connectivity index (χ0n) is 13.3. The zero-order chi connectivity index (χ0) is 15.8. The second-order valence-corrected chi connectivity index (χ2v) is 5.73. The van der Waals surface area contributed by atoms with Crippen LogP contribution in [0.25, 0.3) is 0 Å². The molecule has 0 aliphatic rings. The van der Waals surface area contributed by atoms with Crippen molar-refractivity contribution < 1.29 is 9.84 Å². The van der Waals surface area contributed by atoms with Crippen LogP contribution in [0.5, 0.6) is 0 Å². The van der Waals surface area contributed by atoms with Crippen LogP contribution < -0.4 is 5.32 Å². The van der Waals surface area contributed by atoms with Gasteiger partial charge in [0.25, 0.3) is 0 Å². The molecule has 2 atom stereocenters. The number of hydrogen-bond acceptors (Lipinski definition) is 3. The van der Waals surface area contributed by atoms with Gasteiger partial charge in [-0.15, -0.1) is 0 Å². The van der Waals surface area contributed by atoms with E-state index in [4.69, 9.17) is 4.74 Å². The van der Waals surface area contributed by atoms with E-state index in [-0.39, 0.29) is 18.8 Å². The Hall–Kier alpha value is -1.68. The Balaban J connectivity index is 2.09. The third-order valence-electron chi connectivity index (χ3n) is 3.53. The van der Waals surface area contributed by atoms with Crippen molar-refractivity contribution in [2.24, 2.45) is 0 Å². The molecular formula is C19H25NO2. The quantitative estimate of drug-likeness (QED) is 0.786. The highest BCUT2D eigenvalue weighted by Crippen LogP contribution is 2.21. The van der Waals surface area contributed by atoms with Crippen LogP contribution in [0.2, 0.25) is 0 Å². The van der Waals surface area contributed by atoms with Crippen molar-refractivity contribution in [3.8, 4) is 0 Å². The summed E-state index contributed by atoms with van der Waals surface area (Å²) in [6, 6.07) is 20.4. The van der Waals surface area contributed by atoms with Crippen LogP contribution in [0.4, 0.5) is 0 Å². The minimum atomic E-state index is -0.287. The number of nitrogens with one attached hydrogen (secondary N) is 1. The molecule has 2 rings (SSSR count). The van der Waals surface area contributed by atoms with Gasteiger partial charge in [0, 0.05) is 6.04 Å². The van der Waals surface area contributed by atoms with Crippen LogP contribution in [0.15, 0.2) is 60.7 Å². The number of aliphatic hydroxyl groups excluding tert-OH is 1. The number of aliphatic hydroxyl groups is 1. The van der Waals surface area contributed by atoms with Gasteiger partial charge in [-0.1, -0.05) is 74.5 Å². The molecule has 0 amide bonds. The molecule has 0 aliphatic carbocycles. The summed E-state index contributed by atoms with van der Waals surface area (Å²) >= 11 is 0. The first kappa shape index (κ1) is 16.7. The van der Waals surface area contributed by atoms with E-state index in [9.17, 15) is 5.11 Å². The maximum absolute atomic E-state index is 9.78. The molecule has 0 saturated heterocycles. The van der Waals surface area contributed by atoms with E-state index in [0.29, 0.717) is 12.6 Å². The van der Waals surface area contributed by atoms with Gasteiger partial charge in [0.2, 0.25) is 0 Å². The predicted octanol–water partition coefficient (Wildman–Crippen LogP) is 3.30. The van der Waals surface area contributed by atoms with Crippen molar-refractivity contribution in [1.82, 2.24) is 5.32 Å². The fourth-order valence-electron chi connectivity index (χ4n) is 2.47. The van der Waals surface area contributed by atoms with Gasteiger partial charge in [0.05, 0.1) is 19.3 Å². The normalized spacial score (nSPS) is 14.0. The first-order valence-corrected chi connectivity index (χ1v) is 7.78. The molecule has 0 heterocycles. The van der Waals surface area contributed by atoms with Crippen LogP contribution >= 0.6 is 0 Å². The molecule has 0 spiro atoms. The predicted molar refractivity (Wildman–Crippen MR) is 89.6 cm³/mol. The Kier molecular flexibility index (Phi) is 6.59. The molecule has 118 valence electrons. The van der Waals surface area contributed by atoms with E-state index in [2.05, 4.69) is 31.3 Å². The summed E-state index contributed by atoms with van der Waals surface area (Å²) in [5.74, 6) is 0. The van der Waals surface area contributed by atoms with E-state index in [1.54, 1.807) is 0 Å². The van der Waals surface area contributed by atoms with Crippen molar-refractivity contribution in [2.75, 3.05) is 6.61 Å². The van der Waals surface area contributed by atoms with Gasteiger partial charge in [-0.2, -0.15) is 0 Å². The largest absolute Gasteiger partial charge is 0.394 e. The molecule has 2 N–H and O–H groups in total. The van der Waals surface area contributed by atoms with E-state index < -0.39 is 0 Å². The van der Waals surface area contributed by atoms with E-state index in [1.807, 2.05) is 48.5 Å². The van der Waals surface area contributed by atoms with Crippen LogP contribution in [0, 0.1) is 0 Å². The molecule has 0 fully saturated rings. The molecular weight excluding hydrogens is 274 g/mol. The van der Waals surface area contributed by atoms with E-state index >= 15 is 0 Å². The lowest BCUT2D eigenvalue weighted by Crippen LogP contribution is -2.39. The Bertz CT molecular complexity index is 528. The SMILES string of the molecule is CC(C)N[C@@H](c1ccccc1)[C@H](CO)OCc1ccccc1. The van der Waals surface area contributed by atoms with Crippen molar-refractivity contribution in [2.45, 2.75) is 38.6 Å². The van der Waals surface area contributed by atoms with Gasteiger partial charge >= 0.3 is 0 Å². The minimum absolute atomic E-state index is 0.0217. The summed E-state index contributed by atoms with van der Waals surface area (Å²) in [7, 11) is 0. The Morgan fingerprint density at radius 3 is 2.09 bits per heavy atom. The third-order valence-corrected chi connectivity index (χ3v) is 3.53. The average Bonchev–Trinajstić information content (AvgIpc) is 2.56. The highest BCUT2D eigenvalue weighted by molar-refractivity contribution is 5.20. The Morgan fingerprint density at radius 2 is 1.55 bits per heavy atom. The first-order chi connectivity index (χ1) is 10.7. The van der Waals surface area contributed by atoms with Gasteiger partial charge in [-0.3, -0.25) is 0 Å². The van der Waals surface area contributed by atoms with E-state index in [1.165, 1.54) is 0 Å². The summed E-state index contributed by atoms with van der Waals surface area (Å²) in [5, 5.41) is 13.3. The van der Waals surface area contributed by atoms with Gasteiger partial charge in [0.1, 0.15) is 6.10 Å². The molecule has 0 aromatic heterocycles. The topological polar surface area (TPSA) is 41.5 Å². The van der Waals surface area contributed by atoms with Crippen molar-refractivity contribution in [3.63, 3.8) is 0 Å². The van der Waals surface area contributed by atoms with Gasteiger partial charge < -0.3 is 15.2 Å². The maximum atomic E-state index is 9.78. The lowest BCUT2D eigenvalue weighted by Gasteiger charge is -2.29. The number of rotatable bonds is 8. The summed E-state index contributed by atoms with van der Waals surface area (Å²) in [4.78, 5) is 0. The van der Waals surface area contributed by atoms with Gasteiger partial charge in [0.15, 0.2) is 0 Å². The lowest BCUT2D eigenvalue weighted by molar-refractivity contribution is -0.0222. The second-order valence-electron chi connectivity index (χ2n) is 5.73. The van der Waals surface area contributed by atoms with Crippen molar-refractivity contribution in [1.29, 1.82) is 0 Å². The fraction of sp³-hybridized carbons (Fsp3) is 0.368. The first-order valence-electron chi connectivity index (χ1n) is 7.78. The molecule has 0 bridgehead atoms. The molecule has 0 radical (unpaired) electrons. The molecule has 2 aromatic rings. The van der Waals surface area contributed by atoms with Crippen molar-refractivity contribution in [3.05, 3.63) is 71.8 Å². The zero-order valence-corrected chi connectivity index (χ0v) is 13.3.